The van der Waals surface area contributed by atoms with E-state index in [1.807, 2.05) is 60.7 Å². The molecule has 0 aliphatic carbocycles. The zero-order chi connectivity index (χ0) is 24.0. The molecule has 0 aliphatic heterocycles. The summed E-state index contributed by atoms with van der Waals surface area (Å²) in [5.74, 6) is -0.509. The van der Waals surface area contributed by atoms with Crippen molar-refractivity contribution in [3.63, 3.8) is 0 Å². The van der Waals surface area contributed by atoms with E-state index in [1.54, 1.807) is 10.9 Å². The van der Waals surface area contributed by atoms with Gasteiger partial charge in [-0.25, -0.2) is 10.1 Å². The number of hydrazone groups is 1. The zero-order valence-corrected chi connectivity index (χ0v) is 17.8. The fourth-order valence-electron chi connectivity index (χ4n) is 3.22. The van der Waals surface area contributed by atoms with E-state index in [2.05, 4.69) is 20.9 Å². The second-order valence-corrected chi connectivity index (χ2v) is 7.30. The van der Waals surface area contributed by atoms with E-state index in [0.29, 0.717) is 11.3 Å². The number of nitrogens with zero attached hydrogens (tertiary/aromatic N) is 3. The van der Waals surface area contributed by atoms with Crippen molar-refractivity contribution in [1.82, 2.24) is 15.2 Å². The molecular weight excluding hydrogens is 443 g/mol. The number of alkyl halides is 3. The highest BCUT2D eigenvalue weighted by atomic mass is 19.4. The molecule has 4 aromatic rings. The van der Waals surface area contributed by atoms with Gasteiger partial charge in [-0.3, -0.25) is 4.79 Å². The lowest BCUT2D eigenvalue weighted by Crippen LogP contribution is -2.26. The summed E-state index contributed by atoms with van der Waals surface area (Å²) in [6.07, 6.45) is -1.17. The van der Waals surface area contributed by atoms with Crippen LogP contribution in [0.3, 0.4) is 0 Å². The fraction of sp³-hybridized carbons (Fsp3) is 0.0800. The Bertz CT molecular complexity index is 1280. The number of carbonyl (C=O) groups is 1. The number of benzene rings is 3. The third kappa shape index (κ3) is 5.69. The molecule has 0 unspecified atom stereocenters. The maximum Gasteiger partial charge on any atom is 0.416 e. The number of rotatable bonds is 7. The smallest absolute Gasteiger partial charge is 0.376 e. The molecule has 3 aromatic carbocycles. The third-order valence-corrected chi connectivity index (χ3v) is 4.85. The van der Waals surface area contributed by atoms with Crippen LogP contribution < -0.4 is 10.7 Å². The number of para-hydroxylation sites is 1. The van der Waals surface area contributed by atoms with Gasteiger partial charge in [0.15, 0.2) is 0 Å². The van der Waals surface area contributed by atoms with Crippen molar-refractivity contribution < 1.29 is 18.0 Å². The number of hydrogen-bond acceptors (Lipinski definition) is 4. The summed E-state index contributed by atoms with van der Waals surface area (Å²) in [6, 6.07) is 23.8. The molecule has 9 heteroatoms. The van der Waals surface area contributed by atoms with Crippen LogP contribution in [0.5, 0.6) is 0 Å². The Morgan fingerprint density at radius 2 is 1.68 bits per heavy atom. The van der Waals surface area contributed by atoms with E-state index in [9.17, 15) is 18.0 Å². The minimum atomic E-state index is -4.45. The molecule has 0 radical (unpaired) electrons. The van der Waals surface area contributed by atoms with Crippen LogP contribution in [0.15, 0.2) is 96.2 Å². The average molecular weight is 463 g/mol. The summed E-state index contributed by atoms with van der Waals surface area (Å²) in [6.45, 7) is -0.243. The van der Waals surface area contributed by atoms with Crippen LogP contribution in [0.2, 0.25) is 0 Å². The van der Waals surface area contributed by atoms with Gasteiger partial charge in [0.05, 0.1) is 24.0 Å². The SMILES string of the molecule is O=C(CNc1cccc(C(F)(F)F)c1)N/N=C\c1cn(-c2ccccc2)nc1-c1ccccc1. The van der Waals surface area contributed by atoms with Crippen LogP contribution in [0.4, 0.5) is 18.9 Å². The van der Waals surface area contributed by atoms with Gasteiger partial charge in [-0.15, -0.1) is 0 Å². The minimum absolute atomic E-state index is 0.185. The first kappa shape index (κ1) is 22.8. The molecule has 4 rings (SSSR count). The first-order valence-corrected chi connectivity index (χ1v) is 10.3. The predicted octanol–water partition coefficient (Wildman–Crippen LogP) is 5.12. The Kier molecular flexibility index (Phi) is 6.72. The molecule has 0 aliphatic rings. The van der Waals surface area contributed by atoms with Crippen molar-refractivity contribution >= 4 is 17.8 Å². The van der Waals surface area contributed by atoms with Gasteiger partial charge in [-0.05, 0) is 30.3 Å². The molecule has 34 heavy (non-hydrogen) atoms. The minimum Gasteiger partial charge on any atom is -0.376 e. The van der Waals surface area contributed by atoms with E-state index in [1.165, 1.54) is 18.3 Å². The first-order chi connectivity index (χ1) is 16.4. The zero-order valence-electron chi connectivity index (χ0n) is 17.8. The standard InChI is InChI=1S/C25H20F3N5O/c26-25(27,28)20-10-7-11-21(14-20)29-16-23(34)31-30-15-19-17-33(22-12-5-2-6-13-22)32-24(19)18-8-3-1-4-9-18/h1-15,17,29H,16H2,(H,31,34)/b30-15-. The predicted molar refractivity (Wildman–Crippen MR) is 125 cm³/mol. The molecular formula is C25H20F3N5O. The molecule has 1 heterocycles. The number of hydrogen-bond donors (Lipinski definition) is 2. The Morgan fingerprint density at radius 1 is 0.971 bits per heavy atom. The Balaban J connectivity index is 1.45. The van der Waals surface area contributed by atoms with Crippen molar-refractivity contribution in [1.29, 1.82) is 0 Å². The molecule has 2 N–H and O–H groups in total. The number of nitrogens with one attached hydrogen (secondary N) is 2. The maximum atomic E-state index is 12.8. The van der Waals surface area contributed by atoms with Crippen molar-refractivity contribution in [2.75, 3.05) is 11.9 Å². The normalized spacial score (nSPS) is 11.5. The molecule has 1 amide bonds. The number of anilines is 1. The molecule has 6 nitrogen and oxygen atoms in total. The second kappa shape index (κ2) is 10.0. The number of aromatic nitrogens is 2. The van der Waals surface area contributed by atoms with Gasteiger partial charge in [-0.2, -0.15) is 23.4 Å². The number of halogens is 3. The lowest BCUT2D eigenvalue weighted by atomic mass is 10.1. The molecule has 0 fully saturated rings. The molecule has 0 saturated heterocycles. The van der Waals surface area contributed by atoms with Crippen molar-refractivity contribution in [2.24, 2.45) is 5.10 Å². The molecule has 172 valence electrons. The third-order valence-electron chi connectivity index (χ3n) is 4.85. The molecule has 0 atom stereocenters. The molecule has 0 saturated carbocycles. The van der Waals surface area contributed by atoms with Crippen LogP contribution in [-0.4, -0.2) is 28.4 Å². The van der Waals surface area contributed by atoms with Crippen molar-refractivity contribution in [3.05, 3.63) is 102 Å². The highest BCUT2D eigenvalue weighted by molar-refractivity contribution is 5.90. The van der Waals surface area contributed by atoms with Crippen LogP contribution in [-0.2, 0) is 11.0 Å². The van der Waals surface area contributed by atoms with Crippen LogP contribution in [0.25, 0.3) is 16.9 Å². The summed E-state index contributed by atoms with van der Waals surface area (Å²) in [5, 5.41) is 11.3. The summed E-state index contributed by atoms with van der Waals surface area (Å²) in [7, 11) is 0. The van der Waals surface area contributed by atoms with Crippen LogP contribution in [0.1, 0.15) is 11.1 Å². The van der Waals surface area contributed by atoms with Gasteiger partial charge in [0, 0.05) is 23.0 Å². The fourth-order valence-corrected chi connectivity index (χ4v) is 3.22. The van der Waals surface area contributed by atoms with E-state index in [0.717, 1.165) is 23.4 Å². The van der Waals surface area contributed by atoms with Crippen LogP contribution in [0, 0.1) is 0 Å². The van der Waals surface area contributed by atoms with Crippen molar-refractivity contribution in [3.8, 4) is 16.9 Å². The van der Waals surface area contributed by atoms with Crippen LogP contribution >= 0.6 is 0 Å². The van der Waals surface area contributed by atoms with E-state index < -0.39 is 17.6 Å². The van der Waals surface area contributed by atoms with Gasteiger partial charge in [0.1, 0.15) is 5.69 Å². The Labute approximate surface area is 193 Å². The number of amides is 1. The Hall–Kier alpha value is -4.40. The van der Waals surface area contributed by atoms with Gasteiger partial charge in [0.25, 0.3) is 5.91 Å². The Morgan fingerprint density at radius 3 is 2.38 bits per heavy atom. The number of carbonyl (C=O) groups excluding carboxylic acids is 1. The quantitative estimate of drug-likeness (QED) is 0.295. The van der Waals surface area contributed by atoms with Gasteiger partial charge < -0.3 is 5.32 Å². The highest BCUT2D eigenvalue weighted by Gasteiger charge is 2.30. The van der Waals surface area contributed by atoms with Crippen molar-refractivity contribution in [2.45, 2.75) is 6.18 Å². The summed E-state index contributed by atoms with van der Waals surface area (Å²) < 4.78 is 40.2. The summed E-state index contributed by atoms with van der Waals surface area (Å²) in [4.78, 5) is 12.1. The maximum absolute atomic E-state index is 12.8. The van der Waals surface area contributed by atoms with E-state index in [-0.39, 0.29) is 12.2 Å². The van der Waals surface area contributed by atoms with Gasteiger partial charge in [-0.1, -0.05) is 54.6 Å². The monoisotopic (exact) mass is 463 g/mol. The first-order valence-electron chi connectivity index (χ1n) is 10.3. The molecule has 1 aromatic heterocycles. The topological polar surface area (TPSA) is 71.3 Å². The molecule has 0 spiro atoms. The van der Waals surface area contributed by atoms with Gasteiger partial charge >= 0.3 is 6.18 Å². The lowest BCUT2D eigenvalue weighted by molar-refractivity contribution is -0.137. The van der Waals surface area contributed by atoms with Gasteiger partial charge in [0.2, 0.25) is 0 Å². The molecule has 0 bridgehead atoms. The average Bonchev–Trinajstić information content (AvgIpc) is 3.28. The second-order valence-electron chi connectivity index (χ2n) is 7.30. The lowest BCUT2D eigenvalue weighted by Gasteiger charge is -2.10. The summed E-state index contributed by atoms with van der Waals surface area (Å²) in [5.41, 5.74) is 4.90. The van der Waals surface area contributed by atoms with E-state index >= 15 is 0 Å². The largest absolute Gasteiger partial charge is 0.416 e. The highest BCUT2D eigenvalue weighted by Crippen LogP contribution is 2.30. The summed E-state index contributed by atoms with van der Waals surface area (Å²) >= 11 is 0. The van der Waals surface area contributed by atoms with E-state index in [4.69, 9.17) is 0 Å².